The number of hydrogen-bond donors (Lipinski definition) is 5. The van der Waals surface area contributed by atoms with Crippen LogP contribution >= 0.6 is 0 Å². The maximum absolute atomic E-state index is 12.9. The molecule has 44 heavy (non-hydrogen) atoms. The van der Waals surface area contributed by atoms with Crippen molar-refractivity contribution in [1.29, 1.82) is 0 Å². The lowest BCUT2D eigenvalue weighted by Crippen LogP contribution is -2.55. The van der Waals surface area contributed by atoms with E-state index in [1.54, 1.807) is 38.3 Å². The van der Waals surface area contributed by atoms with Crippen LogP contribution in [-0.2, 0) is 20.7 Å². The Hall–Kier alpha value is -4.23. The molecule has 1 fully saturated rings. The summed E-state index contributed by atoms with van der Waals surface area (Å²) in [6.07, 6.45) is 0.640. The summed E-state index contributed by atoms with van der Waals surface area (Å²) in [5.74, 6) is -0.0145. The lowest BCUT2D eigenvalue weighted by molar-refractivity contribution is -0.271. The van der Waals surface area contributed by atoms with Crippen molar-refractivity contribution in [3.8, 4) is 11.5 Å². The van der Waals surface area contributed by atoms with E-state index in [4.69, 9.17) is 28.5 Å². The van der Waals surface area contributed by atoms with E-state index in [2.05, 4.69) is 11.1 Å². The maximum atomic E-state index is 12.9. The summed E-state index contributed by atoms with van der Waals surface area (Å²) in [5, 5.41) is 30.8. The van der Waals surface area contributed by atoms with Crippen molar-refractivity contribution in [1.82, 2.24) is 0 Å². The van der Waals surface area contributed by atoms with Gasteiger partial charge in [0.25, 0.3) is 12.4 Å². The number of allylic oxidation sites excluding steroid dienone is 2. The second-order valence-electron chi connectivity index (χ2n) is 10.7. The Balaban J connectivity index is 0.00000127. The minimum absolute atomic E-state index is 0.0158. The third-order valence-electron chi connectivity index (χ3n) is 6.91. The Labute approximate surface area is 256 Å². The van der Waals surface area contributed by atoms with Crippen molar-refractivity contribution in [3.63, 3.8) is 0 Å². The van der Waals surface area contributed by atoms with Crippen molar-refractivity contribution in [2.45, 2.75) is 71.6 Å². The fourth-order valence-electron chi connectivity index (χ4n) is 4.60. The summed E-state index contributed by atoms with van der Waals surface area (Å²) < 4.78 is 23.0. The Bertz CT molecular complexity index is 1530. The van der Waals surface area contributed by atoms with Crippen molar-refractivity contribution in [3.05, 3.63) is 75.2 Å². The average molecular weight is 615 g/mol. The Morgan fingerprint density at radius 1 is 1.18 bits per heavy atom. The molecule has 0 saturated carbocycles. The third kappa shape index (κ3) is 8.89. The number of aliphatic hydroxyl groups excluding tert-OH is 1. The van der Waals surface area contributed by atoms with Gasteiger partial charge < -0.3 is 45.0 Å². The minimum atomic E-state index is -0.931. The highest BCUT2D eigenvalue weighted by atomic mass is 16.7. The van der Waals surface area contributed by atoms with Crippen molar-refractivity contribution >= 4 is 29.0 Å². The van der Waals surface area contributed by atoms with Crippen LogP contribution in [0, 0.1) is 6.92 Å². The molecule has 0 spiro atoms. The number of carbonyl (C=O) groups excluding carboxylic acids is 1. The van der Waals surface area contributed by atoms with E-state index in [1.807, 2.05) is 33.8 Å². The number of phenols is 1. The van der Waals surface area contributed by atoms with Crippen LogP contribution in [0.5, 0.6) is 11.5 Å². The first-order chi connectivity index (χ1) is 20.8. The van der Waals surface area contributed by atoms with E-state index in [9.17, 15) is 19.8 Å². The predicted molar refractivity (Wildman–Crippen MR) is 166 cm³/mol. The molecule has 1 aromatic heterocycles. The van der Waals surface area contributed by atoms with Gasteiger partial charge in [0.15, 0.2) is 0 Å². The van der Waals surface area contributed by atoms with E-state index in [1.165, 1.54) is 19.2 Å². The molecule has 0 aliphatic carbocycles. The highest BCUT2D eigenvalue weighted by molar-refractivity contribution is 6.05. The number of phenolic OH excluding ortho intramolecular Hbond substituents is 1. The van der Waals surface area contributed by atoms with Crippen molar-refractivity contribution in [2.24, 2.45) is 5.73 Å². The van der Waals surface area contributed by atoms with Crippen LogP contribution in [0.1, 0.15) is 55.6 Å². The van der Waals surface area contributed by atoms with Crippen LogP contribution in [0.2, 0.25) is 0 Å². The fraction of sp³-hybridized carbons (Fsp3) is 0.406. The number of nitrogens with two attached hydrogens (primary N) is 1. The second-order valence-corrected chi connectivity index (χ2v) is 10.7. The SMILES string of the molecule is CN.COC1C[C@@H](O)C(Oc2ccc3cc(NC(=O)c4ccc(O)c(CC=C(C)C)c4)c(=O)oc3c2C)OC1(C)C.O=CO. The number of amides is 1. The van der Waals surface area contributed by atoms with Crippen LogP contribution in [0.25, 0.3) is 11.0 Å². The van der Waals surface area contributed by atoms with Gasteiger partial charge in [-0.05, 0) is 90.0 Å². The summed E-state index contributed by atoms with van der Waals surface area (Å²) in [6, 6.07) is 9.49. The molecule has 1 aliphatic rings. The summed E-state index contributed by atoms with van der Waals surface area (Å²) in [6.45, 7) is 9.13. The zero-order valence-corrected chi connectivity index (χ0v) is 26.0. The van der Waals surface area contributed by atoms with Gasteiger partial charge in [-0.3, -0.25) is 9.59 Å². The maximum Gasteiger partial charge on any atom is 0.360 e. The van der Waals surface area contributed by atoms with Crippen LogP contribution < -0.4 is 21.4 Å². The Morgan fingerprint density at radius 2 is 1.84 bits per heavy atom. The van der Waals surface area contributed by atoms with Crippen LogP contribution in [0.4, 0.5) is 5.69 Å². The van der Waals surface area contributed by atoms with E-state index >= 15 is 0 Å². The second kappa shape index (κ2) is 16.0. The summed E-state index contributed by atoms with van der Waals surface area (Å²) in [7, 11) is 3.07. The van der Waals surface area contributed by atoms with Crippen LogP contribution in [0.3, 0.4) is 0 Å². The average Bonchev–Trinajstić information content (AvgIpc) is 2.97. The molecule has 12 heteroatoms. The number of hydrogen-bond acceptors (Lipinski definition) is 10. The first-order valence-electron chi connectivity index (χ1n) is 13.9. The van der Waals surface area contributed by atoms with Crippen LogP contribution in [0.15, 0.2) is 57.3 Å². The smallest absolute Gasteiger partial charge is 0.360 e. The quantitative estimate of drug-likeness (QED) is 0.146. The lowest BCUT2D eigenvalue weighted by Gasteiger charge is -2.43. The third-order valence-corrected chi connectivity index (χ3v) is 6.91. The molecule has 2 aromatic carbocycles. The minimum Gasteiger partial charge on any atom is -0.508 e. The van der Waals surface area contributed by atoms with E-state index in [0.717, 1.165) is 5.57 Å². The number of ether oxygens (including phenoxy) is 3. The fourth-order valence-corrected chi connectivity index (χ4v) is 4.60. The molecule has 1 amide bonds. The number of methoxy groups -OCH3 is 1. The van der Waals surface area contributed by atoms with Gasteiger partial charge in [0, 0.05) is 30.0 Å². The van der Waals surface area contributed by atoms with Crippen LogP contribution in [-0.4, -0.2) is 66.0 Å². The molecule has 2 heterocycles. The number of carbonyl (C=O) groups is 2. The van der Waals surface area contributed by atoms with Crippen molar-refractivity contribution < 1.29 is 43.5 Å². The van der Waals surface area contributed by atoms with E-state index in [0.29, 0.717) is 46.3 Å². The highest BCUT2D eigenvalue weighted by Gasteiger charge is 2.44. The molecule has 12 nitrogen and oxygen atoms in total. The van der Waals surface area contributed by atoms with Gasteiger partial charge in [0.1, 0.15) is 28.9 Å². The summed E-state index contributed by atoms with van der Waals surface area (Å²) in [5.41, 5.74) is 5.92. The number of aromatic hydroxyl groups is 1. The molecule has 240 valence electrons. The zero-order valence-electron chi connectivity index (χ0n) is 26.0. The van der Waals surface area contributed by atoms with Gasteiger partial charge in [0.05, 0.1) is 11.7 Å². The standard InChI is InChI=1S/C30H35NO8.CH5N.CH2O2/c1-16(2)7-8-18-13-20(9-11-22(18)32)27(34)31-21-14-19-10-12-24(17(3)26(19)38-28(21)35)37-29-23(33)15-25(36-6)30(4,5)39-29;1-2;2-1-3/h7,9-14,23,25,29,32-33H,8,15H2,1-6H3,(H,31,34);2H2,1H3;1H,(H,2,3)/t23-,25?,29?;;/m1../s1. The number of anilines is 1. The molecular formula is C32H42N2O10. The lowest BCUT2D eigenvalue weighted by atomic mass is 9.92. The molecule has 1 aliphatic heterocycles. The summed E-state index contributed by atoms with van der Waals surface area (Å²) >= 11 is 0. The number of benzene rings is 2. The number of nitrogens with one attached hydrogen (secondary N) is 1. The predicted octanol–water partition coefficient (Wildman–Crippen LogP) is 4.12. The van der Waals surface area contributed by atoms with Gasteiger partial charge >= 0.3 is 5.63 Å². The van der Waals surface area contributed by atoms with Gasteiger partial charge in [0.2, 0.25) is 6.29 Å². The normalized spacial score (nSPS) is 18.5. The molecule has 0 bridgehead atoms. The topological polar surface area (TPSA) is 191 Å². The molecule has 1 saturated heterocycles. The zero-order chi connectivity index (χ0) is 33.2. The highest BCUT2D eigenvalue weighted by Crippen LogP contribution is 2.34. The van der Waals surface area contributed by atoms with Gasteiger partial charge in [-0.25, -0.2) is 4.79 Å². The first kappa shape index (κ1) is 36.0. The number of aliphatic hydroxyl groups is 1. The molecule has 0 radical (unpaired) electrons. The summed E-state index contributed by atoms with van der Waals surface area (Å²) in [4.78, 5) is 34.1. The molecule has 3 atom stereocenters. The monoisotopic (exact) mass is 614 g/mol. The molecule has 4 rings (SSSR count). The Morgan fingerprint density at radius 3 is 2.45 bits per heavy atom. The number of fused-ring (bicyclic) bond motifs is 1. The van der Waals surface area contributed by atoms with Gasteiger partial charge in [-0.15, -0.1) is 0 Å². The number of carboxylic acid groups (broad SMARTS) is 1. The first-order valence-corrected chi connectivity index (χ1v) is 13.9. The number of aryl methyl sites for hydroxylation is 1. The van der Waals surface area contributed by atoms with E-state index < -0.39 is 29.5 Å². The number of rotatable bonds is 7. The van der Waals surface area contributed by atoms with Gasteiger partial charge in [-0.1, -0.05) is 11.6 Å². The van der Waals surface area contributed by atoms with Gasteiger partial charge in [-0.2, -0.15) is 0 Å². The molecule has 2 unspecified atom stereocenters. The van der Waals surface area contributed by atoms with Crippen molar-refractivity contribution in [2.75, 3.05) is 19.5 Å². The largest absolute Gasteiger partial charge is 0.508 e. The molecule has 3 aromatic rings. The molecular weight excluding hydrogens is 572 g/mol. The van der Waals surface area contributed by atoms with E-state index in [-0.39, 0.29) is 24.0 Å². The Kier molecular flexibility index (Phi) is 13.1. The molecule has 6 N–H and O–H groups in total.